The van der Waals surface area contributed by atoms with E-state index >= 15 is 0 Å². The highest BCUT2D eigenvalue weighted by atomic mass is 35.5. The molecule has 8 heteroatoms. The van der Waals surface area contributed by atoms with Crippen LogP contribution in [0.2, 0.25) is 5.02 Å². The zero-order chi connectivity index (χ0) is 15.5. The maximum atomic E-state index is 11.3. The predicted molar refractivity (Wildman–Crippen MR) is 81.6 cm³/mol. The molecule has 1 aromatic carbocycles. The Kier molecular flexibility index (Phi) is 4.64. The summed E-state index contributed by atoms with van der Waals surface area (Å²) in [4.78, 5) is 11.6. The fourth-order valence-electron chi connectivity index (χ4n) is 1.75. The van der Waals surface area contributed by atoms with Crippen molar-refractivity contribution in [2.75, 3.05) is 18.1 Å². The fourth-order valence-corrected chi connectivity index (χ4v) is 2.54. The number of benzene rings is 1. The molecule has 0 saturated heterocycles. The topological polar surface area (TPSA) is 91.9 Å². The molecule has 1 aromatic heterocycles. The number of H-pyrrole nitrogens is 1. The first-order valence-electron chi connectivity index (χ1n) is 6.14. The average molecular weight is 328 g/mol. The molecule has 2 rings (SSSR count). The molecule has 0 fully saturated rings. The number of sulfone groups is 1. The van der Waals surface area contributed by atoms with E-state index in [0.29, 0.717) is 23.5 Å². The zero-order valence-electron chi connectivity index (χ0n) is 11.3. The molecule has 0 amide bonds. The highest BCUT2D eigenvalue weighted by molar-refractivity contribution is 7.90. The van der Waals surface area contributed by atoms with Crippen molar-refractivity contribution in [2.24, 2.45) is 0 Å². The van der Waals surface area contributed by atoms with E-state index in [1.165, 1.54) is 12.5 Å². The molecule has 2 N–H and O–H groups in total. The lowest BCUT2D eigenvalue weighted by Crippen LogP contribution is -2.13. The van der Waals surface area contributed by atoms with Crippen LogP contribution in [0.3, 0.4) is 0 Å². The normalized spacial score (nSPS) is 11.3. The van der Waals surface area contributed by atoms with Crippen LogP contribution in [-0.2, 0) is 16.3 Å². The Bertz CT molecular complexity index is 785. The zero-order valence-corrected chi connectivity index (χ0v) is 12.8. The van der Waals surface area contributed by atoms with Crippen molar-refractivity contribution in [3.63, 3.8) is 0 Å². The largest absolute Gasteiger partial charge is 0.382 e. The molecule has 0 atom stereocenters. The van der Waals surface area contributed by atoms with Gasteiger partial charge in [0.1, 0.15) is 5.02 Å². The summed E-state index contributed by atoms with van der Waals surface area (Å²) >= 11 is 5.83. The number of hydrogen-bond acceptors (Lipinski definition) is 5. The van der Waals surface area contributed by atoms with Crippen molar-refractivity contribution < 1.29 is 8.42 Å². The van der Waals surface area contributed by atoms with Gasteiger partial charge in [0.15, 0.2) is 9.84 Å². The summed E-state index contributed by atoms with van der Waals surface area (Å²) in [5.41, 5.74) is 0.996. The summed E-state index contributed by atoms with van der Waals surface area (Å²) in [6.45, 7) is 0.545. The summed E-state index contributed by atoms with van der Waals surface area (Å²) in [7, 11) is -3.17. The summed E-state index contributed by atoms with van der Waals surface area (Å²) in [5.74, 6) is 0. The monoisotopic (exact) mass is 327 g/mol. The molecule has 0 aliphatic carbocycles. The molecule has 0 unspecified atom stereocenters. The van der Waals surface area contributed by atoms with Gasteiger partial charge in [-0.25, -0.2) is 13.5 Å². The molecule has 0 saturated carbocycles. The van der Waals surface area contributed by atoms with Gasteiger partial charge in [0, 0.05) is 12.8 Å². The minimum absolute atomic E-state index is 0.0671. The van der Waals surface area contributed by atoms with Gasteiger partial charge in [-0.05, 0) is 24.1 Å². The van der Waals surface area contributed by atoms with Gasteiger partial charge >= 0.3 is 0 Å². The van der Waals surface area contributed by atoms with Gasteiger partial charge in [0.2, 0.25) is 0 Å². The molecule has 112 valence electrons. The third-order valence-corrected chi connectivity index (χ3v) is 4.38. The van der Waals surface area contributed by atoms with E-state index in [0.717, 1.165) is 5.56 Å². The lowest BCUT2D eigenvalue weighted by molar-refractivity contribution is 0.602. The van der Waals surface area contributed by atoms with Crippen molar-refractivity contribution in [1.82, 2.24) is 10.2 Å². The summed E-state index contributed by atoms with van der Waals surface area (Å²) in [6, 6.07) is 6.67. The van der Waals surface area contributed by atoms with E-state index in [2.05, 4.69) is 15.5 Å². The molecular formula is C13H14ClN3O3S. The van der Waals surface area contributed by atoms with Crippen LogP contribution >= 0.6 is 11.6 Å². The lowest BCUT2D eigenvalue weighted by atomic mass is 10.1. The maximum Gasteiger partial charge on any atom is 0.285 e. The van der Waals surface area contributed by atoms with E-state index in [1.807, 2.05) is 0 Å². The Balaban J connectivity index is 1.98. The number of anilines is 1. The number of aromatic nitrogens is 2. The minimum Gasteiger partial charge on any atom is -0.382 e. The number of nitrogens with zero attached hydrogens (tertiary/aromatic N) is 1. The van der Waals surface area contributed by atoms with Crippen LogP contribution in [0.25, 0.3) is 0 Å². The average Bonchev–Trinajstić information content (AvgIpc) is 2.43. The maximum absolute atomic E-state index is 11.3. The highest BCUT2D eigenvalue weighted by Gasteiger charge is 2.07. The molecule has 6 nitrogen and oxygen atoms in total. The van der Waals surface area contributed by atoms with Crippen LogP contribution in [0.1, 0.15) is 5.56 Å². The van der Waals surface area contributed by atoms with Gasteiger partial charge in [-0.15, -0.1) is 0 Å². The Morgan fingerprint density at radius 1 is 1.29 bits per heavy atom. The highest BCUT2D eigenvalue weighted by Crippen LogP contribution is 2.15. The summed E-state index contributed by atoms with van der Waals surface area (Å²) < 4.78 is 22.7. The number of nitrogens with one attached hydrogen (secondary N) is 2. The third kappa shape index (κ3) is 4.05. The summed E-state index contributed by atoms with van der Waals surface area (Å²) in [6.07, 6.45) is 3.27. The third-order valence-electron chi connectivity index (χ3n) is 2.88. The van der Waals surface area contributed by atoms with Crippen LogP contribution in [0.4, 0.5) is 5.69 Å². The van der Waals surface area contributed by atoms with Gasteiger partial charge in [-0.1, -0.05) is 23.7 Å². The van der Waals surface area contributed by atoms with Crippen LogP contribution < -0.4 is 10.9 Å². The van der Waals surface area contributed by atoms with Gasteiger partial charge in [-0.3, -0.25) is 4.79 Å². The van der Waals surface area contributed by atoms with Gasteiger partial charge in [0.25, 0.3) is 5.56 Å². The van der Waals surface area contributed by atoms with E-state index in [-0.39, 0.29) is 5.02 Å². The first kappa shape index (κ1) is 15.5. The molecule has 0 spiro atoms. The number of halogens is 1. The molecule has 0 radical (unpaired) electrons. The van der Waals surface area contributed by atoms with Crippen LogP contribution in [0.15, 0.2) is 40.2 Å². The van der Waals surface area contributed by atoms with E-state index in [9.17, 15) is 13.2 Å². The Labute approximate surface area is 127 Å². The van der Waals surface area contributed by atoms with E-state index < -0.39 is 15.4 Å². The number of rotatable bonds is 5. The molecule has 2 aromatic rings. The second-order valence-corrected chi connectivity index (χ2v) is 6.91. The van der Waals surface area contributed by atoms with Gasteiger partial charge in [0.05, 0.1) is 16.8 Å². The van der Waals surface area contributed by atoms with Crippen LogP contribution in [-0.4, -0.2) is 31.4 Å². The molecule has 0 aliphatic heterocycles. The molecule has 21 heavy (non-hydrogen) atoms. The minimum atomic E-state index is -3.17. The number of hydrogen-bond donors (Lipinski definition) is 2. The standard InChI is InChI=1S/C13H14ClN3O3S/c1-21(19,20)10-4-2-9(3-5-10)6-7-15-11-8-16-17-13(18)12(11)14/h2-5,8H,6-7H2,1H3,(H2,15,17,18). The lowest BCUT2D eigenvalue weighted by Gasteiger charge is -2.07. The Hall–Kier alpha value is -1.86. The first-order valence-corrected chi connectivity index (χ1v) is 8.41. The Morgan fingerprint density at radius 2 is 1.95 bits per heavy atom. The van der Waals surface area contributed by atoms with E-state index in [1.54, 1.807) is 24.3 Å². The van der Waals surface area contributed by atoms with Crippen molar-refractivity contribution in [2.45, 2.75) is 11.3 Å². The van der Waals surface area contributed by atoms with Gasteiger partial charge < -0.3 is 5.32 Å². The van der Waals surface area contributed by atoms with Crippen molar-refractivity contribution in [3.8, 4) is 0 Å². The second-order valence-electron chi connectivity index (χ2n) is 4.52. The quantitative estimate of drug-likeness (QED) is 0.868. The predicted octanol–water partition coefficient (Wildman–Crippen LogP) is 1.48. The second kappa shape index (κ2) is 6.28. The van der Waals surface area contributed by atoms with Gasteiger partial charge in [-0.2, -0.15) is 5.10 Å². The van der Waals surface area contributed by atoms with Crippen molar-refractivity contribution in [1.29, 1.82) is 0 Å². The van der Waals surface area contributed by atoms with Crippen molar-refractivity contribution in [3.05, 3.63) is 51.4 Å². The first-order chi connectivity index (χ1) is 9.88. The van der Waals surface area contributed by atoms with Crippen molar-refractivity contribution >= 4 is 27.1 Å². The SMILES string of the molecule is CS(=O)(=O)c1ccc(CCNc2cn[nH]c(=O)c2Cl)cc1. The summed E-state index contributed by atoms with van der Waals surface area (Å²) in [5, 5.41) is 8.97. The van der Waals surface area contributed by atoms with Crippen LogP contribution in [0, 0.1) is 0 Å². The Morgan fingerprint density at radius 3 is 2.57 bits per heavy atom. The smallest absolute Gasteiger partial charge is 0.285 e. The fraction of sp³-hybridized carbons (Fsp3) is 0.231. The van der Waals surface area contributed by atoms with Crippen LogP contribution in [0.5, 0.6) is 0 Å². The molecular weight excluding hydrogens is 314 g/mol. The molecule has 0 bridgehead atoms. The number of aromatic amines is 1. The molecule has 1 heterocycles. The molecule has 0 aliphatic rings. The van der Waals surface area contributed by atoms with E-state index in [4.69, 9.17) is 11.6 Å².